The number of hydrogen-bond donors (Lipinski definition) is 0. The van der Waals surface area contributed by atoms with Gasteiger partial charge in [-0.1, -0.05) is 0 Å². The number of rotatable bonds is 2. The van der Waals surface area contributed by atoms with Crippen molar-refractivity contribution in [3.05, 3.63) is 20.8 Å². The molecule has 0 aliphatic carbocycles. The topological polar surface area (TPSA) is 26.3 Å². The number of thiophene rings is 1. The van der Waals surface area contributed by atoms with E-state index in [0.29, 0.717) is 0 Å². The minimum atomic E-state index is -0.378. The van der Waals surface area contributed by atoms with Crippen molar-refractivity contribution in [3.8, 4) is 0 Å². The van der Waals surface area contributed by atoms with E-state index in [2.05, 4.69) is 15.9 Å². The Kier molecular flexibility index (Phi) is 3.26. The predicted molar refractivity (Wildman–Crippen MR) is 73.7 cm³/mol. The molecule has 1 saturated heterocycles. The Bertz CT molecular complexity index is 448. The average molecular weight is 317 g/mol. The second-order valence-corrected chi connectivity index (χ2v) is 7.54. The van der Waals surface area contributed by atoms with Crippen molar-refractivity contribution >= 4 is 33.0 Å². The molecule has 94 valence electrons. The van der Waals surface area contributed by atoms with Crippen molar-refractivity contribution < 1.29 is 9.53 Å². The molecule has 1 atom stereocenters. The van der Waals surface area contributed by atoms with Crippen LogP contribution in [0.15, 0.2) is 15.9 Å². The lowest BCUT2D eigenvalue weighted by Crippen LogP contribution is -2.33. The Hall–Kier alpha value is -0.190. The van der Waals surface area contributed by atoms with Crippen LogP contribution in [0.2, 0.25) is 0 Å². The van der Waals surface area contributed by atoms with Crippen molar-refractivity contribution in [3.63, 3.8) is 0 Å². The van der Waals surface area contributed by atoms with Crippen LogP contribution in [0.5, 0.6) is 0 Å². The van der Waals surface area contributed by atoms with Crippen molar-refractivity contribution in [2.75, 3.05) is 0 Å². The minimum Gasteiger partial charge on any atom is -0.369 e. The van der Waals surface area contributed by atoms with Gasteiger partial charge in [0.1, 0.15) is 0 Å². The number of halogens is 1. The van der Waals surface area contributed by atoms with Gasteiger partial charge in [-0.15, -0.1) is 11.3 Å². The van der Waals surface area contributed by atoms with Crippen LogP contribution in [0.4, 0.5) is 0 Å². The van der Waals surface area contributed by atoms with Crippen LogP contribution in [-0.2, 0) is 4.74 Å². The first-order valence-corrected chi connectivity index (χ1v) is 7.37. The second kappa shape index (κ2) is 4.18. The third-order valence-electron chi connectivity index (χ3n) is 3.20. The van der Waals surface area contributed by atoms with E-state index >= 15 is 0 Å². The van der Waals surface area contributed by atoms with E-state index in [1.807, 2.05) is 39.1 Å². The summed E-state index contributed by atoms with van der Waals surface area (Å²) >= 11 is 4.88. The highest BCUT2D eigenvalue weighted by Gasteiger charge is 2.49. The molecule has 0 amide bonds. The van der Waals surface area contributed by atoms with E-state index in [-0.39, 0.29) is 22.9 Å². The zero-order valence-corrected chi connectivity index (χ0v) is 12.9. The Morgan fingerprint density at radius 2 is 2.12 bits per heavy atom. The van der Waals surface area contributed by atoms with Crippen LogP contribution in [0.3, 0.4) is 0 Å². The molecular formula is C13H17BrO2S. The lowest BCUT2D eigenvalue weighted by molar-refractivity contribution is -0.0712. The van der Waals surface area contributed by atoms with Gasteiger partial charge in [-0.3, -0.25) is 4.79 Å². The fourth-order valence-corrected chi connectivity index (χ4v) is 4.01. The molecule has 2 nitrogen and oxygen atoms in total. The summed E-state index contributed by atoms with van der Waals surface area (Å²) in [5.41, 5.74) is -0.588. The summed E-state index contributed by atoms with van der Waals surface area (Å²) in [6, 6.07) is 1.90. The fourth-order valence-electron chi connectivity index (χ4n) is 2.58. The SMILES string of the molecule is CC1(C)CC(C(=O)c2cc(Br)cs2)C(C)(C)O1. The summed E-state index contributed by atoms with van der Waals surface area (Å²) in [6.45, 7) is 8.11. The summed E-state index contributed by atoms with van der Waals surface area (Å²) < 4.78 is 6.94. The van der Waals surface area contributed by atoms with E-state index in [1.165, 1.54) is 11.3 Å². The summed E-state index contributed by atoms with van der Waals surface area (Å²) in [7, 11) is 0. The molecule has 0 saturated carbocycles. The smallest absolute Gasteiger partial charge is 0.178 e. The van der Waals surface area contributed by atoms with Gasteiger partial charge in [0.05, 0.1) is 22.0 Å². The van der Waals surface area contributed by atoms with Gasteiger partial charge in [0.15, 0.2) is 5.78 Å². The highest BCUT2D eigenvalue weighted by Crippen LogP contribution is 2.44. The molecule has 1 aliphatic heterocycles. The number of Topliss-reactive ketones (excluding diaryl/α,β-unsaturated/α-hetero) is 1. The molecule has 1 fully saturated rings. The quantitative estimate of drug-likeness (QED) is 0.761. The van der Waals surface area contributed by atoms with Gasteiger partial charge in [-0.2, -0.15) is 0 Å². The third kappa shape index (κ3) is 2.64. The van der Waals surface area contributed by atoms with Crippen LogP contribution >= 0.6 is 27.3 Å². The van der Waals surface area contributed by atoms with Crippen LogP contribution < -0.4 is 0 Å². The average Bonchev–Trinajstić information content (AvgIpc) is 2.66. The summed E-state index contributed by atoms with van der Waals surface area (Å²) in [6.07, 6.45) is 0.786. The van der Waals surface area contributed by atoms with Crippen LogP contribution in [0.25, 0.3) is 0 Å². The normalized spacial score (nSPS) is 26.1. The number of carbonyl (C=O) groups excluding carboxylic acids is 1. The Labute approximate surface area is 114 Å². The molecule has 1 aliphatic rings. The molecule has 0 bridgehead atoms. The summed E-state index contributed by atoms with van der Waals surface area (Å²) in [5.74, 6) is 0.152. The zero-order valence-electron chi connectivity index (χ0n) is 10.5. The monoisotopic (exact) mass is 316 g/mol. The summed E-state index contributed by atoms with van der Waals surface area (Å²) in [4.78, 5) is 13.3. The maximum Gasteiger partial charge on any atom is 0.178 e. The second-order valence-electron chi connectivity index (χ2n) is 5.72. The number of ketones is 1. The van der Waals surface area contributed by atoms with Gasteiger partial charge < -0.3 is 4.74 Å². The molecule has 0 spiro atoms. The number of hydrogen-bond acceptors (Lipinski definition) is 3. The first-order valence-electron chi connectivity index (χ1n) is 5.70. The molecule has 1 unspecified atom stereocenters. The molecule has 17 heavy (non-hydrogen) atoms. The Morgan fingerprint density at radius 3 is 2.53 bits per heavy atom. The van der Waals surface area contributed by atoms with Crippen LogP contribution in [-0.4, -0.2) is 17.0 Å². The molecule has 1 aromatic heterocycles. The maximum absolute atomic E-state index is 12.5. The molecule has 1 aromatic rings. The van der Waals surface area contributed by atoms with Gasteiger partial charge >= 0.3 is 0 Å². The van der Waals surface area contributed by atoms with E-state index in [1.54, 1.807) is 0 Å². The molecule has 2 rings (SSSR count). The van der Waals surface area contributed by atoms with Crippen molar-refractivity contribution in [2.24, 2.45) is 5.92 Å². The Balaban J connectivity index is 2.26. The van der Waals surface area contributed by atoms with Gasteiger partial charge in [-0.25, -0.2) is 0 Å². The molecule has 0 radical (unpaired) electrons. The van der Waals surface area contributed by atoms with E-state index in [9.17, 15) is 4.79 Å². The van der Waals surface area contributed by atoms with Crippen LogP contribution in [0.1, 0.15) is 43.8 Å². The standard InChI is InChI=1S/C13H17BrO2S/c1-12(2)6-9(13(3,4)16-12)11(15)10-5-8(14)7-17-10/h5,7,9H,6H2,1-4H3. The number of carbonyl (C=O) groups is 1. The minimum absolute atomic E-state index is 0.0527. The molecule has 4 heteroatoms. The van der Waals surface area contributed by atoms with Gasteiger partial charge in [0.25, 0.3) is 0 Å². The fraction of sp³-hybridized carbons (Fsp3) is 0.615. The Morgan fingerprint density at radius 1 is 1.47 bits per heavy atom. The van der Waals surface area contributed by atoms with Crippen molar-refractivity contribution in [2.45, 2.75) is 45.3 Å². The largest absolute Gasteiger partial charge is 0.369 e. The first kappa shape index (κ1) is 13.2. The van der Waals surface area contributed by atoms with E-state index in [0.717, 1.165) is 15.8 Å². The van der Waals surface area contributed by atoms with Gasteiger partial charge in [0.2, 0.25) is 0 Å². The lowest BCUT2D eigenvalue weighted by atomic mass is 9.83. The summed E-state index contributed by atoms with van der Waals surface area (Å²) in [5, 5.41) is 1.95. The highest BCUT2D eigenvalue weighted by molar-refractivity contribution is 9.10. The van der Waals surface area contributed by atoms with Gasteiger partial charge in [-0.05, 0) is 56.1 Å². The first-order chi connectivity index (χ1) is 7.71. The maximum atomic E-state index is 12.5. The molecule has 2 heterocycles. The van der Waals surface area contributed by atoms with E-state index in [4.69, 9.17) is 4.74 Å². The highest BCUT2D eigenvalue weighted by atomic mass is 79.9. The predicted octanol–water partition coefficient (Wildman–Crippen LogP) is 4.29. The number of ether oxygens (including phenoxy) is 1. The zero-order chi connectivity index (χ0) is 12.8. The van der Waals surface area contributed by atoms with Crippen molar-refractivity contribution in [1.29, 1.82) is 0 Å². The van der Waals surface area contributed by atoms with Crippen LogP contribution in [0, 0.1) is 5.92 Å². The molecular weight excluding hydrogens is 300 g/mol. The van der Waals surface area contributed by atoms with E-state index < -0.39 is 0 Å². The molecule has 0 N–H and O–H groups in total. The third-order valence-corrected chi connectivity index (χ3v) is 4.91. The molecule has 0 aromatic carbocycles. The van der Waals surface area contributed by atoms with Crippen molar-refractivity contribution in [1.82, 2.24) is 0 Å². The van der Waals surface area contributed by atoms with Gasteiger partial charge in [0, 0.05) is 9.85 Å². The lowest BCUT2D eigenvalue weighted by Gasteiger charge is -2.26.